The molecule has 0 heterocycles. The Morgan fingerprint density at radius 2 is 0.444 bits per heavy atom. The van der Waals surface area contributed by atoms with Crippen LogP contribution in [0.5, 0.6) is 0 Å². The molecule has 45 heavy (non-hydrogen) atoms. The molecule has 7 aliphatic rings. The Bertz CT molecular complexity index is 548. The van der Waals surface area contributed by atoms with Gasteiger partial charge in [-0.15, -0.1) is 0 Å². The van der Waals surface area contributed by atoms with Crippen molar-refractivity contribution in [2.75, 3.05) is 0 Å². The van der Waals surface area contributed by atoms with E-state index < -0.39 is 0 Å². The van der Waals surface area contributed by atoms with Crippen molar-refractivity contribution in [1.29, 1.82) is 0 Å². The molecule has 7 aliphatic carbocycles. The van der Waals surface area contributed by atoms with Gasteiger partial charge in [0.15, 0.2) is 0 Å². The molecule has 0 aromatic heterocycles. The molecule has 1 heteroatoms. The first-order valence-electron chi connectivity index (χ1n) is 21.8. The third-order valence-electron chi connectivity index (χ3n) is 14.1. The zero-order valence-corrected chi connectivity index (χ0v) is 30.5. The maximum atomic E-state index is 10.1. The Balaban J connectivity index is 0.000000137. The van der Waals surface area contributed by atoms with Crippen LogP contribution in [0.25, 0.3) is 0 Å². The van der Waals surface area contributed by atoms with Crippen LogP contribution < -0.4 is 0 Å². The molecule has 0 amide bonds. The normalized spacial score (nSPS) is 27.6. The van der Waals surface area contributed by atoms with Gasteiger partial charge in [0.25, 0.3) is 0 Å². The van der Waals surface area contributed by atoms with Crippen molar-refractivity contribution in [3.63, 3.8) is 0 Å². The van der Waals surface area contributed by atoms with Gasteiger partial charge in [-0.2, -0.15) is 0 Å². The standard InChI is InChI=1S/3C12H22.C8H14O/c3*1-3-7-11(8-4-1)12-9-5-2-6-10-12;9-7-6-8-4-2-1-3-5-8/h3*11-12H,1-10H2;7-8H,1-6H2. The lowest BCUT2D eigenvalue weighted by atomic mass is 9.73. The van der Waals surface area contributed by atoms with Gasteiger partial charge in [-0.25, -0.2) is 0 Å². The highest BCUT2D eigenvalue weighted by molar-refractivity contribution is 5.49. The minimum absolute atomic E-state index is 0.733. The molecule has 262 valence electrons. The lowest BCUT2D eigenvalue weighted by molar-refractivity contribution is -0.108. The summed E-state index contributed by atoms with van der Waals surface area (Å²) in [6.07, 6.45) is 54.7. The molecule has 1 nitrogen and oxygen atoms in total. The van der Waals surface area contributed by atoms with Crippen LogP contribution in [0.15, 0.2) is 0 Å². The minimum atomic E-state index is 0.733. The number of hydrogen-bond acceptors (Lipinski definition) is 1. The molecule has 0 N–H and O–H groups in total. The predicted molar refractivity (Wildman–Crippen MR) is 197 cm³/mol. The van der Waals surface area contributed by atoms with E-state index in [1.165, 1.54) is 148 Å². The summed E-state index contributed by atoms with van der Waals surface area (Å²) in [4.78, 5) is 10.1. The van der Waals surface area contributed by atoms with E-state index in [9.17, 15) is 4.79 Å². The second kappa shape index (κ2) is 23.9. The predicted octanol–water partition coefficient (Wildman–Crippen LogP) is 14.6. The van der Waals surface area contributed by atoms with Crippen LogP contribution in [0.1, 0.15) is 231 Å². The van der Waals surface area contributed by atoms with Crippen molar-refractivity contribution < 1.29 is 4.79 Å². The quantitative estimate of drug-likeness (QED) is 0.278. The van der Waals surface area contributed by atoms with Gasteiger partial charge in [0.2, 0.25) is 0 Å². The highest BCUT2D eigenvalue weighted by atomic mass is 16.1. The van der Waals surface area contributed by atoms with Crippen molar-refractivity contribution in [3.05, 3.63) is 0 Å². The Labute approximate surface area is 283 Å². The van der Waals surface area contributed by atoms with Crippen molar-refractivity contribution in [2.45, 2.75) is 231 Å². The Morgan fingerprint density at radius 3 is 0.622 bits per heavy atom. The molecule has 7 fully saturated rings. The first-order valence-corrected chi connectivity index (χ1v) is 21.8. The third-order valence-corrected chi connectivity index (χ3v) is 14.1. The van der Waals surface area contributed by atoms with E-state index in [0.717, 1.165) is 54.1 Å². The van der Waals surface area contributed by atoms with E-state index in [1.54, 1.807) is 77.0 Å². The van der Waals surface area contributed by atoms with E-state index in [2.05, 4.69) is 0 Å². The topological polar surface area (TPSA) is 17.1 Å². The van der Waals surface area contributed by atoms with Crippen LogP contribution in [-0.2, 0) is 4.79 Å². The molecule has 0 aromatic rings. The van der Waals surface area contributed by atoms with Gasteiger partial charge in [0.1, 0.15) is 6.29 Å². The zero-order chi connectivity index (χ0) is 31.2. The molecule has 7 saturated carbocycles. The number of carbonyl (C=O) groups is 1. The molecule has 0 unspecified atom stereocenters. The fourth-order valence-electron chi connectivity index (χ4n) is 11.2. The molecule has 0 aromatic carbocycles. The summed E-state index contributed by atoms with van der Waals surface area (Å²) in [7, 11) is 0. The lowest BCUT2D eigenvalue weighted by Gasteiger charge is -2.32. The molecule has 7 rings (SSSR count). The molecule has 0 atom stereocenters. The Hall–Kier alpha value is -0.330. The second-order valence-electron chi connectivity index (χ2n) is 17.3. The number of aldehydes is 1. The van der Waals surface area contributed by atoms with Crippen LogP contribution >= 0.6 is 0 Å². The van der Waals surface area contributed by atoms with Crippen molar-refractivity contribution in [2.24, 2.45) is 41.4 Å². The summed E-state index contributed by atoms with van der Waals surface area (Å²) in [6.45, 7) is 0. The summed E-state index contributed by atoms with van der Waals surface area (Å²) in [5.74, 6) is 7.56. The summed E-state index contributed by atoms with van der Waals surface area (Å²) in [6, 6.07) is 0. The first kappa shape index (κ1) is 37.5. The van der Waals surface area contributed by atoms with Crippen molar-refractivity contribution in [1.82, 2.24) is 0 Å². The van der Waals surface area contributed by atoms with E-state index in [-0.39, 0.29) is 0 Å². The fourth-order valence-corrected chi connectivity index (χ4v) is 11.2. The molecule has 0 bridgehead atoms. The largest absolute Gasteiger partial charge is 0.303 e. The number of carbonyl (C=O) groups excluding carboxylic acids is 1. The lowest BCUT2D eigenvalue weighted by Crippen LogP contribution is -2.20. The molecule has 0 spiro atoms. The highest BCUT2D eigenvalue weighted by Gasteiger charge is 2.26. The average molecular weight is 625 g/mol. The average Bonchev–Trinajstić information content (AvgIpc) is 3.15. The van der Waals surface area contributed by atoms with Crippen LogP contribution in [0.4, 0.5) is 0 Å². The molecule has 0 radical (unpaired) electrons. The van der Waals surface area contributed by atoms with Gasteiger partial charge in [0, 0.05) is 6.42 Å². The molecule has 0 saturated heterocycles. The highest BCUT2D eigenvalue weighted by Crippen LogP contribution is 2.40. The maximum Gasteiger partial charge on any atom is 0.120 e. The van der Waals surface area contributed by atoms with Crippen LogP contribution in [0.2, 0.25) is 0 Å². The monoisotopic (exact) mass is 625 g/mol. The Morgan fingerprint density at radius 1 is 0.267 bits per heavy atom. The zero-order valence-electron chi connectivity index (χ0n) is 30.5. The molecule has 0 aliphatic heterocycles. The van der Waals surface area contributed by atoms with Gasteiger partial charge in [-0.05, 0) is 41.4 Å². The van der Waals surface area contributed by atoms with Gasteiger partial charge in [0.05, 0.1) is 0 Å². The van der Waals surface area contributed by atoms with Gasteiger partial charge >= 0.3 is 0 Å². The van der Waals surface area contributed by atoms with Gasteiger partial charge < -0.3 is 4.79 Å². The molecular weight excluding hydrogens is 544 g/mol. The smallest absolute Gasteiger partial charge is 0.120 e. The fraction of sp³-hybridized carbons (Fsp3) is 0.977. The van der Waals surface area contributed by atoms with Crippen LogP contribution in [0.3, 0.4) is 0 Å². The van der Waals surface area contributed by atoms with Crippen LogP contribution in [-0.4, -0.2) is 6.29 Å². The van der Waals surface area contributed by atoms with Crippen LogP contribution in [0, 0.1) is 41.4 Å². The number of hydrogen-bond donors (Lipinski definition) is 0. The summed E-state index contributed by atoms with van der Waals surface area (Å²) < 4.78 is 0. The second-order valence-corrected chi connectivity index (χ2v) is 17.3. The summed E-state index contributed by atoms with van der Waals surface area (Å²) >= 11 is 0. The SMILES string of the molecule is C1CCC(C2CCCCC2)CC1.C1CCC(C2CCCCC2)CC1.C1CCC(C2CCCCC2)CC1.O=CCC1CCCCC1. The van der Waals surface area contributed by atoms with Crippen molar-refractivity contribution >= 4 is 6.29 Å². The van der Waals surface area contributed by atoms with Gasteiger partial charge in [-0.1, -0.05) is 225 Å². The minimum Gasteiger partial charge on any atom is -0.303 e. The van der Waals surface area contributed by atoms with Gasteiger partial charge in [-0.3, -0.25) is 0 Å². The van der Waals surface area contributed by atoms with E-state index >= 15 is 0 Å². The molecular formula is C44H80O. The van der Waals surface area contributed by atoms with E-state index in [1.807, 2.05) is 0 Å². The summed E-state index contributed by atoms with van der Waals surface area (Å²) in [5.41, 5.74) is 0. The van der Waals surface area contributed by atoms with E-state index in [0.29, 0.717) is 0 Å². The number of rotatable bonds is 5. The Kier molecular flexibility index (Phi) is 19.9. The van der Waals surface area contributed by atoms with E-state index in [4.69, 9.17) is 0 Å². The maximum absolute atomic E-state index is 10.1. The van der Waals surface area contributed by atoms with Crippen molar-refractivity contribution in [3.8, 4) is 0 Å². The first-order chi connectivity index (χ1) is 22.3. The summed E-state index contributed by atoms with van der Waals surface area (Å²) in [5, 5.41) is 0. The third kappa shape index (κ3) is 15.2.